The second kappa shape index (κ2) is 8.72. The molecule has 2 bridgehead atoms. The number of carbonyl (C=O) groups is 1. The Morgan fingerprint density at radius 2 is 2.07 bits per heavy atom. The number of amides is 1. The minimum atomic E-state index is -0.176. The highest BCUT2D eigenvalue weighted by molar-refractivity contribution is 5.75. The van der Waals surface area contributed by atoms with E-state index in [2.05, 4.69) is 16.3 Å². The lowest BCUT2D eigenvalue weighted by molar-refractivity contribution is -0.121. The molecule has 3 atom stereocenters. The summed E-state index contributed by atoms with van der Waals surface area (Å²) in [5, 5.41) is 3.04. The van der Waals surface area contributed by atoms with Crippen LogP contribution in [0.2, 0.25) is 0 Å². The number of carbonyl (C=O) groups excluding carboxylic acids is 1. The Bertz CT molecular complexity index is 987. The highest BCUT2D eigenvalue weighted by Gasteiger charge is 2.40. The highest BCUT2D eigenvalue weighted by atomic mass is 19.1. The fourth-order valence-corrected chi connectivity index (χ4v) is 5.13. The zero-order chi connectivity index (χ0) is 21.3. The third-order valence-corrected chi connectivity index (χ3v) is 6.49. The molecule has 0 spiro atoms. The number of likely N-dealkylation sites (tertiary alicyclic amines) is 1. The average molecular weight is 412 g/mol. The van der Waals surface area contributed by atoms with Gasteiger partial charge in [-0.2, -0.15) is 0 Å². The zero-order valence-corrected chi connectivity index (χ0v) is 17.7. The van der Waals surface area contributed by atoms with Crippen LogP contribution in [0.5, 0.6) is 0 Å². The van der Waals surface area contributed by atoms with Crippen LogP contribution in [-0.2, 0) is 11.3 Å². The van der Waals surface area contributed by atoms with E-state index in [0.29, 0.717) is 30.4 Å². The number of aryl methyl sites for hydroxylation is 1. The van der Waals surface area contributed by atoms with Gasteiger partial charge in [0.05, 0.1) is 6.04 Å². The van der Waals surface area contributed by atoms with E-state index in [1.807, 2.05) is 29.7 Å². The Labute approximate surface area is 176 Å². The molecule has 30 heavy (non-hydrogen) atoms. The van der Waals surface area contributed by atoms with Crippen molar-refractivity contribution in [1.29, 1.82) is 0 Å². The average Bonchev–Trinajstić information content (AvgIpc) is 2.71. The monoisotopic (exact) mass is 411 g/mol. The molecule has 2 aromatic rings. The normalized spacial score (nSPS) is 23.1. The second-order valence-corrected chi connectivity index (χ2v) is 8.75. The van der Waals surface area contributed by atoms with Crippen LogP contribution in [0.25, 0.3) is 0 Å². The number of benzene rings is 1. The fourth-order valence-electron chi connectivity index (χ4n) is 5.13. The maximum atomic E-state index is 13.6. The summed E-state index contributed by atoms with van der Waals surface area (Å²) >= 11 is 0. The lowest BCUT2D eigenvalue weighted by atomic mass is 9.78. The van der Waals surface area contributed by atoms with Crippen molar-refractivity contribution in [2.24, 2.45) is 5.92 Å². The van der Waals surface area contributed by atoms with Crippen molar-refractivity contribution in [2.45, 2.75) is 51.6 Å². The van der Waals surface area contributed by atoms with E-state index in [9.17, 15) is 14.0 Å². The van der Waals surface area contributed by atoms with Gasteiger partial charge in [0.2, 0.25) is 5.91 Å². The number of rotatable bonds is 6. The number of aromatic nitrogens is 1. The molecule has 0 unspecified atom stereocenters. The number of halogens is 1. The first-order chi connectivity index (χ1) is 14.5. The van der Waals surface area contributed by atoms with Gasteiger partial charge in [-0.25, -0.2) is 4.39 Å². The van der Waals surface area contributed by atoms with Gasteiger partial charge in [-0.05, 0) is 48.9 Å². The molecule has 0 aliphatic carbocycles. The largest absolute Gasteiger partial charge is 0.354 e. The van der Waals surface area contributed by atoms with E-state index in [1.54, 1.807) is 13.0 Å². The van der Waals surface area contributed by atoms with Gasteiger partial charge in [-0.15, -0.1) is 0 Å². The van der Waals surface area contributed by atoms with Crippen molar-refractivity contribution in [3.05, 3.63) is 69.4 Å². The van der Waals surface area contributed by atoms with Gasteiger partial charge >= 0.3 is 0 Å². The molecule has 1 saturated heterocycles. The smallest absolute Gasteiger partial charge is 0.251 e. The Morgan fingerprint density at radius 3 is 2.83 bits per heavy atom. The molecule has 1 aromatic heterocycles. The molecule has 0 radical (unpaired) electrons. The summed E-state index contributed by atoms with van der Waals surface area (Å²) < 4.78 is 15.6. The number of hydrogen-bond donors (Lipinski definition) is 1. The number of hydrogen-bond acceptors (Lipinski definition) is 3. The van der Waals surface area contributed by atoms with Crippen molar-refractivity contribution in [3.63, 3.8) is 0 Å². The van der Waals surface area contributed by atoms with Crippen LogP contribution in [0.3, 0.4) is 0 Å². The molecule has 0 saturated carbocycles. The molecule has 3 heterocycles. The Morgan fingerprint density at radius 1 is 1.23 bits per heavy atom. The lowest BCUT2D eigenvalue weighted by Crippen LogP contribution is -2.51. The molecule has 1 aromatic carbocycles. The van der Waals surface area contributed by atoms with Gasteiger partial charge in [0.25, 0.3) is 5.56 Å². The predicted molar refractivity (Wildman–Crippen MR) is 115 cm³/mol. The summed E-state index contributed by atoms with van der Waals surface area (Å²) in [6.45, 7) is 6.77. The SMILES string of the molecule is CCCC(=O)NC[C@H]1[C@H]2C[C@H](CN(Cc3ccc(F)c(C)c3)C2)c2cccc(=O)n21. The standard InChI is InChI=1S/C24H30FN3O2/c1-3-5-23(29)26-12-22-19-11-18(21-6-4-7-24(30)28(21)22)14-27(15-19)13-17-8-9-20(25)16(2)10-17/h4,6-10,18-19,22H,3,5,11-15H2,1-2H3,(H,26,29)/t18-,19+,22+/m1/s1. The van der Waals surface area contributed by atoms with Crippen LogP contribution in [0.15, 0.2) is 41.2 Å². The van der Waals surface area contributed by atoms with Gasteiger partial charge in [0.15, 0.2) is 0 Å². The van der Waals surface area contributed by atoms with Crippen LogP contribution in [0, 0.1) is 18.7 Å². The topological polar surface area (TPSA) is 54.3 Å². The summed E-state index contributed by atoms with van der Waals surface area (Å²) in [4.78, 5) is 27.2. The molecule has 1 amide bonds. The molecular weight excluding hydrogens is 381 g/mol. The lowest BCUT2D eigenvalue weighted by Gasteiger charge is -2.47. The van der Waals surface area contributed by atoms with Gasteiger partial charge in [-0.3, -0.25) is 14.5 Å². The predicted octanol–water partition coefficient (Wildman–Crippen LogP) is 3.37. The fraction of sp³-hybridized carbons (Fsp3) is 0.500. The summed E-state index contributed by atoms with van der Waals surface area (Å²) in [6, 6.07) is 10.8. The third-order valence-electron chi connectivity index (χ3n) is 6.49. The first-order valence-corrected chi connectivity index (χ1v) is 10.9. The van der Waals surface area contributed by atoms with E-state index in [-0.39, 0.29) is 23.3 Å². The molecule has 1 fully saturated rings. The van der Waals surface area contributed by atoms with Crippen LogP contribution in [-0.4, -0.2) is 35.0 Å². The van der Waals surface area contributed by atoms with Crippen molar-refractivity contribution < 1.29 is 9.18 Å². The number of piperidine rings is 1. The molecule has 160 valence electrons. The van der Waals surface area contributed by atoms with Crippen LogP contribution in [0.4, 0.5) is 4.39 Å². The van der Waals surface area contributed by atoms with Gasteiger partial charge in [0.1, 0.15) is 5.82 Å². The third kappa shape index (κ3) is 4.19. The molecular formula is C24H30FN3O2. The second-order valence-electron chi connectivity index (χ2n) is 8.75. The zero-order valence-electron chi connectivity index (χ0n) is 17.7. The number of nitrogens with one attached hydrogen (secondary N) is 1. The number of fused-ring (bicyclic) bond motifs is 4. The summed E-state index contributed by atoms with van der Waals surface area (Å²) in [5.74, 6) is 0.451. The summed E-state index contributed by atoms with van der Waals surface area (Å²) in [7, 11) is 0. The van der Waals surface area contributed by atoms with Crippen molar-refractivity contribution in [1.82, 2.24) is 14.8 Å². The number of nitrogens with zero attached hydrogens (tertiary/aromatic N) is 2. The Kier molecular flexibility index (Phi) is 6.04. The molecule has 2 aliphatic heterocycles. The van der Waals surface area contributed by atoms with Gasteiger partial charge in [0, 0.05) is 50.3 Å². The molecule has 1 N–H and O–H groups in total. The van der Waals surface area contributed by atoms with Gasteiger partial charge < -0.3 is 9.88 Å². The molecule has 4 rings (SSSR count). The van der Waals surface area contributed by atoms with E-state index in [1.165, 1.54) is 6.07 Å². The first kappa shape index (κ1) is 20.8. The van der Waals surface area contributed by atoms with Gasteiger partial charge in [-0.1, -0.05) is 25.1 Å². The maximum absolute atomic E-state index is 13.6. The van der Waals surface area contributed by atoms with E-state index in [0.717, 1.165) is 43.7 Å². The van der Waals surface area contributed by atoms with Crippen LogP contribution in [0.1, 0.15) is 55.0 Å². The first-order valence-electron chi connectivity index (χ1n) is 10.9. The van der Waals surface area contributed by atoms with E-state index >= 15 is 0 Å². The number of pyridine rings is 1. The van der Waals surface area contributed by atoms with E-state index < -0.39 is 0 Å². The highest BCUT2D eigenvalue weighted by Crippen LogP contribution is 2.41. The minimum absolute atomic E-state index is 0.0135. The van der Waals surface area contributed by atoms with Crippen molar-refractivity contribution >= 4 is 5.91 Å². The van der Waals surface area contributed by atoms with Crippen LogP contribution < -0.4 is 10.9 Å². The Balaban J connectivity index is 1.58. The summed E-state index contributed by atoms with van der Waals surface area (Å²) in [5.41, 5.74) is 2.85. The summed E-state index contributed by atoms with van der Waals surface area (Å²) in [6.07, 6.45) is 2.34. The molecule has 5 nitrogen and oxygen atoms in total. The quantitative estimate of drug-likeness (QED) is 0.793. The van der Waals surface area contributed by atoms with E-state index in [4.69, 9.17) is 0 Å². The van der Waals surface area contributed by atoms with Crippen LogP contribution >= 0.6 is 0 Å². The van der Waals surface area contributed by atoms with Crippen molar-refractivity contribution in [3.8, 4) is 0 Å². The van der Waals surface area contributed by atoms with Crippen molar-refractivity contribution in [2.75, 3.05) is 19.6 Å². The Hall–Kier alpha value is -2.47. The minimum Gasteiger partial charge on any atom is -0.354 e. The molecule has 2 aliphatic rings. The maximum Gasteiger partial charge on any atom is 0.251 e. The molecule has 6 heteroatoms.